The number of benzene rings is 1. The first kappa shape index (κ1) is 16.4. The van der Waals surface area contributed by atoms with Gasteiger partial charge in [0.05, 0.1) is 11.0 Å². The van der Waals surface area contributed by atoms with Gasteiger partial charge in [-0.1, -0.05) is 15.9 Å². The summed E-state index contributed by atoms with van der Waals surface area (Å²) in [4.78, 5) is 22.0. The van der Waals surface area contributed by atoms with E-state index in [2.05, 4.69) is 15.9 Å². The van der Waals surface area contributed by atoms with Crippen molar-refractivity contribution in [3.63, 3.8) is 0 Å². The Balaban J connectivity index is 2.83. The second-order valence-electron chi connectivity index (χ2n) is 5.20. The van der Waals surface area contributed by atoms with E-state index in [1.54, 1.807) is 26.8 Å². The molecule has 0 aliphatic heterocycles. The fourth-order valence-electron chi connectivity index (χ4n) is 1.36. The third kappa shape index (κ3) is 5.16. The Morgan fingerprint density at radius 1 is 1.35 bits per heavy atom. The van der Waals surface area contributed by atoms with Crippen LogP contribution in [0.1, 0.15) is 27.7 Å². The molecule has 1 aromatic carbocycles. The predicted octanol–water partition coefficient (Wildman–Crippen LogP) is 3.47. The van der Waals surface area contributed by atoms with Crippen LogP contribution in [0.4, 0.5) is 5.69 Å². The molecule has 7 heteroatoms. The van der Waals surface area contributed by atoms with Crippen molar-refractivity contribution in [1.29, 1.82) is 0 Å². The molecule has 0 saturated carbocycles. The average Bonchev–Trinajstić information content (AvgIpc) is 2.25. The van der Waals surface area contributed by atoms with Crippen molar-refractivity contribution in [2.45, 2.75) is 39.4 Å². The number of carbonyl (C=O) groups excluding carboxylic acids is 1. The van der Waals surface area contributed by atoms with E-state index in [0.29, 0.717) is 4.47 Å². The molecule has 0 aromatic heterocycles. The molecule has 0 bridgehead atoms. The fourth-order valence-corrected chi connectivity index (χ4v) is 1.82. The normalized spacial score (nSPS) is 12.7. The zero-order chi connectivity index (χ0) is 15.5. The molecule has 0 fully saturated rings. The van der Waals surface area contributed by atoms with Crippen LogP contribution in [0.5, 0.6) is 5.75 Å². The van der Waals surface area contributed by atoms with Gasteiger partial charge in [-0.2, -0.15) is 0 Å². The Labute approximate surface area is 125 Å². The maximum absolute atomic E-state index is 11.8. The number of ether oxygens (including phenoxy) is 2. The minimum absolute atomic E-state index is 0.120. The van der Waals surface area contributed by atoms with Crippen molar-refractivity contribution in [3.05, 3.63) is 32.8 Å². The molecule has 0 aliphatic rings. The predicted molar refractivity (Wildman–Crippen MR) is 76.7 cm³/mol. The number of carbonyl (C=O) groups is 1. The second-order valence-corrected chi connectivity index (χ2v) is 6.11. The molecule has 0 heterocycles. The van der Waals surface area contributed by atoms with E-state index in [1.165, 1.54) is 19.1 Å². The van der Waals surface area contributed by atoms with Crippen molar-refractivity contribution in [1.82, 2.24) is 0 Å². The lowest BCUT2D eigenvalue weighted by molar-refractivity contribution is -0.385. The summed E-state index contributed by atoms with van der Waals surface area (Å²) in [6.45, 7) is 6.78. The van der Waals surface area contributed by atoms with E-state index >= 15 is 0 Å². The number of rotatable bonds is 4. The Hall–Kier alpha value is -1.63. The van der Waals surface area contributed by atoms with E-state index < -0.39 is 22.6 Å². The fraction of sp³-hybridized carbons (Fsp3) is 0.462. The topological polar surface area (TPSA) is 78.7 Å². The van der Waals surface area contributed by atoms with Gasteiger partial charge >= 0.3 is 5.97 Å². The Kier molecular flexibility index (Phi) is 5.10. The number of esters is 1. The molecule has 0 N–H and O–H groups in total. The minimum Gasteiger partial charge on any atom is -0.479 e. The highest BCUT2D eigenvalue weighted by molar-refractivity contribution is 9.10. The van der Waals surface area contributed by atoms with Crippen LogP contribution >= 0.6 is 15.9 Å². The zero-order valence-corrected chi connectivity index (χ0v) is 13.3. The van der Waals surface area contributed by atoms with E-state index in [9.17, 15) is 14.9 Å². The van der Waals surface area contributed by atoms with Gasteiger partial charge < -0.3 is 9.47 Å². The molecule has 1 unspecified atom stereocenters. The largest absolute Gasteiger partial charge is 0.479 e. The van der Waals surface area contributed by atoms with Crippen LogP contribution < -0.4 is 4.74 Å². The summed E-state index contributed by atoms with van der Waals surface area (Å²) in [6.07, 6.45) is -0.858. The van der Waals surface area contributed by atoms with Crippen LogP contribution in [0.25, 0.3) is 0 Å². The maximum Gasteiger partial charge on any atom is 0.347 e. The van der Waals surface area contributed by atoms with Crippen molar-refractivity contribution in [2.24, 2.45) is 0 Å². The molecule has 6 nitrogen and oxygen atoms in total. The number of non-ortho nitro benzene ring substituents is 1. The van der Waals surface area contributed by atoms with Crippen LogP contribution in [0.2, 0.25) is 0 Å². The summed E-state index contributed by atoms with van der Waals surface area (Å²) in [5.74, 6) is -0.301. The number of halogens is 1. The van der Waals surface area contributed by atoms with Gasteiger partial charge in [-0.3, -0.25) is 10.1 Å². The van der Waals surface area contributed by atoms with Crippen molar-refractivity contribution in [2.75, 3.05) is 0 Å². The molecule has 0 amide bonds. The summed E-state index contributed by atoms with van der Waals surface area (Å²) in [5, 5.41) is 10.8. The molecule has 1 atom stereocenters. The number of nitrogens with zero attached hydrogens (tertiary/aromatic N) is 1. The molecule has 1 aromatic rings. The summed E-state index contributed by atoms with van der Waals surface area (Å²) >= 11 is 3.16. The lowest BCUT2D eigenvalue weighted by Gasteiger charge is -2.22. The van der Waals surface area contributed by atoms with Crippen molar-refractivity contribution in [3.8, 4) is 5.75 Å². The van der Waals surface area contributed by atoms with Crippen LogP contribution in [0.3, 0.4) is 0 Å². The standard InChI is InChI=1S/C13H16BrNO5/c1-8(12(16)20-13(2,3)4)19-11-6-9(14)5-10(7-11)15(17)18/h5-8H,1-4H3. The molecule has 1 rings (SSSR count). The molecule has 0 radical (unpaired) electrons. The Morgan fingerprint density at radius 3 is 2.45 bits per heavy atom. The highest BCUT2D eigenvalue weighted by Crippen LogP contribution is 2.27. The molecular formula is C13H16BrNO5. The lowest BCUT2D eigenvalue weighted by atomic mass is 10.2. The molecule has 20 heavy (non-hydrogen) atoms. The van der Waals surface area contributed by atoms with Gasteiger partial charge in [0.25, 0.3) is 5.69 Å². The highest BCUT2D eigenvalue weighted by Gasteiger charge is 2.23. The van der Waals surface area contributed by atoms with Gasteiger partial charge in [0.15, 0.2) is 6.10 Å². The van der Waals surface area contributed by atoms with Crippen molar-refractivity contribution >= 4 is 27.6 Å². The van der Waals surface area contributed by atoms with Gasteiger partial charge in [-0.15, -0.1) is 0 Å². The molecular weight excluding hydrogens is 330 g/mol. The van der Waals surface area contributed by atoms with E-state index in [1.807, 2.05) is 0 Å². The number of nitro benzene ring substituents is 1. The molecule has 0 aliphatic carbocycles. The molecule has 0 spiro atoms. The molecule has 110 valence electrons. The minimum atomic E-state index is -0.858. The third-order valence-electron chi connectivity index (χ3n) is 2.12. The monoisotopic (exact) mass is 345 g/mol. The van der Waals surface area contributed by atoms with Crippen LogP contribution in [-0.2, 0) is 9.53 Å². The van der Waals surface area contributed by atoms with Gasteiger partial charge in [0.1, 0.15) is 11.4 Å². The maximum atomic E-state index is 11.8. The van der Waals surface area contributed by atoms with E-state index in [4.69, 9.17) is 9.47 Å². The van der Waals surface area contributed by atoms with Crippen LogP contribution in [0.15, 0.2) is 22.7 Å². The highest BCUT2D eigenvalue weighted by atomic mass is 79.9. The smallest absolute Gasteiger partial charge is 0.347 e. The molecule has 0 saturated heterocycles. The number of hydrogen-bond acceptors (Lipinski definition) is 5. The van der Waals surface area contributed by atoms with Crippen molar-refractivity contribution < 1.29 is 19.2 Å². The third-order valence-corrected chi connectivity index (χ3v) is 2.58. The van der Waals surface area contributed by atoms with E-state index in [0.717, 1.165) is 0 Å². The zero-order valence-electron chi connectivity index (χ0n) is 11.7. The first-order valence-electron chi connectivity index (χ1n) is 5.93. The summed E-state index contributed by atoms with van der Waals surface area (Å²) in [7, 11) is 0. The summed E-state index contributed by atoms with van der Waals surface area (Å²) in [5.41, 5.74) is -0.733. The Bertz CT molecular complexity index is 524. The SMILES string of the molecule is CC(Oc1cc(Br)cc([N+](=O)[O-])c1)C(=O)OC(C)(C)C. The van der Waals surface area contributed by atoms with Gasteiger partial charge in [0.2, 0.25) is 0 Å². The first-order valence-corrected chi connectivity index (χ1v) is 6.72. The van der Waals surface area contributed by atoms with Gasteiger partial charge in [-0.05, 0) is 33.8 Å². The number of nitro groups is 1. The number of hydrogen-bond donors (Lipinski definition) is 0. The first-order chi connectivity index (χ1) is 9.08. The van der Waals surface area contributed by atoms with Crippen LogP contribution in [-0.4, -0.2) is 22.6 Å². The summed E-state index contributed by atoms with van der Waals surface area (Å²) in [6, 6.07) is 4.16. The van der Waals surface area contributed by atoms with E-state index in [-0.39, 0.29) is 11.4 Å². The van der Waals surface area contributed by atoms with Crippen LogP contribution in [0, 0.1) is 10.1 Å². The lowest BCUT2D eigenvalue weighted by Crippen LogP contribution is -2.33. The quantitative estimate of drug-likeness (QED) is 0.474. The Morgan fingerprint density at radius 2 is 1.95 bits per heavy atom. The summed E-state index contributed by atoms with van der Waals surface area (Å²) < 4.78 is 11.1. The second kappa shape index (κ2) is 6.21. The average molecular weight is 346 g/mol. The van der Waals surface area contributed by atoms with Gasteiger partial charge in [0, 0.05) is 10.5 Å². The van der Waals surface area contributed by atoms with Gasteiger partial charge in [-0.25, -0.2) is 4.79 Å².